The quantitative estimate of drug-likeness (QED) is 0.818. The van der Waals surface area contributed by atoms with Crippen LogP contribution in [0, 0.1) is 0 Å². The van der Waals surface area contributed by atoms with E-state index in [1.807, 2.05) is 11.8 Å². The number of aliphatic hydroxyl groups is 1. The predicted molar refractivity (Wildman–Crippen MR) is 70.1 cm³/mol. The molecule has 3 nitrogen and oxygen atoms in total. The van der Waals surface area contributed by atoms with Gasteiger partial charge in [-0.2, -0.15) is 11.8 Å². The number of hydrogen-bond acceptors (Lipinski definition) is 4. The van der Waals surface area contributed by atoms with Crippen molar-refractivity contribution in [2.75, 3.05) is 32.1 Å². The van der Waals surface area contributed by atoms with Gasteiger partial charge in [-0.3, -0.25) is 4.90 Å². The topological polar surface area (TPSA) is 32.7 Å². The van der Waals surface area contributed by atoms with Crippen LogP contribution < -0.4 is 0 Å². The van der Waals surface area contributed by atoms with Crippen molar-refractivity contribution in [3.63, 3.8) is 0 Å². The number of morpholine rings is 1. The fourth-order valence-electron chi connectivity index (χ4n) is 1.77. The molecule has 2 atom stereocenters. The van der Waals surface area contributed by atoms with E-state index in [4.69, 9.17) is 9.84 Å². The third-order valence-electron chi connectivity index (χ3n) is 2.75. The Morgan fingerprint density at radius 2 is 2.12 bits per heavy atom. The molecule has 0 aromatic carbocycles. The van der Waals surface area contributed by atoms with E-state index in [2.05, 4.69) is 32.6 Å². The number of aliphatic hydroxyl groups excluding tert-OH is 1. The summed E-state index contributed by atoms with van der Waals surface area (Å²) in [6, 6.07) is 0.475. The molecular weight excluding hydrogens is 222 g/mol. The summed E-state index contributed by atoms with van der Waals surface area (Å²) in [5, 5.41) is 9.09. The second-order valence-corrected chi connectivity index (χ2v) is 7.36. The zero-order valence-corrected chi connectivity index (χ0v) is 11.7. The molecule has 0 aliphatic carbocycles. The molecule has 96 valence electrons. The summed E-state index contributed by atoms with van der Waals surface area (Å²) in [5.74, 6) is 1.14. The third-order valence-corrected chi connectivity index (χ3v) is 4.00. The van der Waals surface area contributed by atoms with Gasteiger partial charge in [-0.15, -0.1) is 0 Å². The minimum atomic E-state index is 0.0100. The van der Waals surface area contributed by atoms with Gasteiger partial charge in [-0.25, -0.2) is 0 Å². The van der Waals surface area contributed by atoms with Crippen molar-refractivity contribution in [1.29, 1.82) is 0 Å². The molecule has 1 N–H and O–H groups in total. The summed E-state index contributed by atoms with van der Waals surface area (Å²) in [7, 11) is 0. The molecule has 0 aromatic rings. The first-order valence-electron chi connectivity index (χ1n) is 6.03. The molecule has 0 saturated carbocycles. The maximum atomic E-state index is 9.09. The Morgan fingerprint density at radius 3 is 2.69 bits per heavy atom. The first-order chi connectivity index (χ1) is 7.42. The van der Waals surface area contributed by atoms with Gasteiger partial charge in [0.15, 0.2) is 0 Å². The van der Waals surface area contributed by atoms with E-state index in [1.54, 1.807) is 0 Å². The highest BCUT2D eigenvalue weighted by atomic mass is 32.2. The van der Waals surface area contributed by atoms with Gasteiger partial charge in [-0.1, -0.05) is 20.8 Å². The lowest BCUT2D eigenvalue weighted by Crippen LogP contribution is -2.50. The standard InChI is InChI=1S/C12H25NO2S/c1-10-9-15-11(8-14)7-13(10)5-6-16-12(2,3)4/h10-11,14H,5-9H2,1-4H3/t10-,11-/m1/s1. The lowest BCUT2D eigenvalue weighted by molar-refractivity contribution is -0.0757. The molecule has 1 aliphatic heterocycles. The van der Waals surface area contributed by atoms with Gasteiger partial charge in [0.25, 0.3) is 0 Å². The first-order valence-corrected chi connectivity index (χ1v) is 7.01. The fraction of sp³-hybridized carbons (Fsp3) is 1.00. The van der Waals surface area contributed by atoms with Crippen LogP contribution in [0.3, 0.4) is 0 Å². The molecule has 0 radical (unpaired) electrons. The van der Waals surface area contributed by atoms with Crippen LogP contribution >= 0.6 is 11.8 Å². The average Bonchev–Trinajstić information content (AvgIpc) is 2.19. The highest BCUT2D eigenvalue weighted by Crippen LogP contribution is 2.23. The number of nitrogens with zero attached hydrogens (tertiary/aromatic N) is 1. The van der Waals surface area contributed by atoms with Gasteiger partial charge in [0.1, 0.15) is 0 Å². The van der Waals surface area contributed by atoms with Crippen LogP contribution in [-0.2, 0) is 4.74 Å². The number of rotatable bonds is 4. The molecular formula is C12H25NO2S. The van der Waals surface area contributed by atoms with Crippen LogP contribution in [0.25, 0.3) is 0 Å². The molecule has 1 rings (SSSR count). The minimum absolute atomic E-state index is 0.0100. The second kappa shape index (κ2) is 6.24. The molecule has 0 spiro atoms. The average molecular weight is 247 g/mol. The van der Waals surface area contributed by atoms with Gasteiger partial charge in [0.05, 0.1) is 19.3 Å². The van der Waals surface area contributed by atoms with E-state index >= 15 is 0 Å². The predicted octanol–water partition coefficient (Wildman–Crippen LogP) is 1.60. The SMILES string of the molecule is C[C@@H]1CO[C@@H](CO)CN1CCSC(C)(C)C. The van der Waals surface area contributed by atoms with Crippen LogP contribution in [-0.4, -0.2) is 59.0 Å². The maximum Gasteiger partial charge on any atom is 0.0933 e. The number of thioether (sulfide) groups is 1. The Balaban J connectivity index is 2.28. The fourth-order valence-corrected chi connectivity index (χ4v) is 2.70. The van der Waals surface area contributed by atoms with Crippen LogP contribution in [0.5, 0.6) is 0 Å². The van der Waals surface area contributed by atoms with Crippen LogP contribution in [0.15, 0.2) is 0 Å². The van der Waals surface area contributed by atoms with Crippen molar-refractivity contribution in [1.82, 2.24) is 4.90 Å². The summed E-state index contributed by atoms with van der Waals surface area (Å²) in [4.78, 5) is 2.42. The molecule has 1 aliphatic rings. The first kappa shape index (κ1) is 14.3. The van der Waals surface area contributed by atoms with Crippen LogP contribution in [0.4, 0.5) is 0 Å². The van der Waals surface area contributed by atoms with Gasteiger partial charge in [-0.05, 0) is 6.92 Å². The van der Waals surface area contributed by atoms with Gasteiger partial charge < -0.3 is 9.84 Å². The van der Waals surface area contributed by atoms with E-state index in [1.165, 1.54) is 0 Å². The van der Waals surface area contributed by atoms with Crippen molar-refractivity contribution in [3.05, 3.63) is 0 Å². The Labute approximate surface area is 104 Å². The Hall–Kier alpha value is 0.230. The molecule has 0 amide bonds. The zero-order valence-electron chi connectivity index (χ0n) is 10.9. The number of hydrogen-bond donors (Lipinski definition) is 1. The van der Waals surface area contributed by atoms with E-state index < -0.39 is 0 Å². The largest absolute Gasteiger partial charge is 0.394 e. The highest BCUT2D eigenvalue weighted by Gasteiger charge is 2.25. The minimum Gasteiger partial charge on any atom is -0.394 e. The molecule has 0 bridgehead atoms. The van der Waals surface area contributed by atoms with Crippen molar-refractivity contribution in [3.8, 4) is 0 Å². The summed E-state index contributed by atoms with van der Waals surface area (Å²) in [5.41, 5.74) is 0. The smallest absolute Gasteiger partial charge is 0.0933 e. The molecule has 16 heavy (non-hydrogen) atoms. The summed E-state index contributed by atoms with van der Waals surface area (Å²) in [6.45, 7) is 11.8. The zero-order chi connectivity index (χ0) is 12.2. The lowest BCUT2D eigenvalue weighted by Gasteiger charge is -2.37. The second-order valence-electron chi connectivity index (χ2n) is 5.44. The van der Waals surface area contributed by atoms with Crippen LogP contribution in [0.2, 0.25) is 0 Å². The lowest BCUT2D eigenvalue weighted by atomic mass is 10.2. The molecule has 1 heterocycles. The molecule has 1 saturated heterocycles. The maximum absolute atomic E-state index is 9.09. The molecule has 0 aromatic heterocycles. The molecule has 1 fully saturated rings. The van der Waals surface area contributed by atoms with Crippen molar-refractivity contribution >= 4 is 11.8 Å². The number of ether oxygens (including phenoxy) is 1. The Bertz CT molecular complexity index is 206. The van der Waals surface area contributed by atoms with Gasteiger partial charge in [0, 0.05) is 29.6 Å². The van der Waals surface area contributed by atoms with Crippen LogP contribution in [0.1, 0.15) is 27.7 Å². The summed E-state index contributed by atoms with van der Waals surface area (Å²) >= 11 is 1.99. The molecule has 0 unspecified atom stereocenters. The summed E-state index contributed by atoms with van der Waals surface area (Å²) in [6.07, 6.45) is 0.0100. The van der Waals surface area contributed by atoms with E-state index in [0.29, 0.717) is 10.8 Å². The van der Waals surface area contributed by atoms with Crippen molar-refractivity contribution in [2.45, 2.75) is 44.6 Å². The van der Waals surface area contributed by atoms with E-state index in [0.717, 1.165) is 25.4 Å². The summed E-state index contributed by atoms with van der Waals surface area (Å²) < 4.78 is 5.86. The normalized spacial score (nSPS) is 28.3. The third kappa shape index (κ3) is 5.04. The molecule has 4 heteroatoms. The van der Waals surface area contributed by atoms with Gasteiger partial charge >= 0.3 is 0 Å². The Kier molecular flexibility index (Phi) is 5.57. The van der Waals surface area contributed by atoms with Gasteiger partial charge in [0.2, 0.25) is 0 Å². The monoisotopic (exact) mass is 247 g/mol. The highest BCUT2D eigenvalue weighted by molar-refractivity contribution is 8.00. The Morgan fingerprint density at radius 1 is 1.44 bits per heavy atom. The van der Waals surface area contributed by atoms with E-state index in [9.17, 15) is 0 Å². The van der Waals surface area contributed by atoms with Crippen molar-refractivity contribution < 1.29 is 9.84 Å². The van der Waals surface area contributed by atoms with E-state index in [-0.39, 0.29) is 12.7 Å². The van der Waals surface area contributed by atoms with Crippen molar-refractivity contribution in [2.24, 2.45) is 0 Å².